The Kier molecular flexibility index (Phi) is 7.69. The molecule has 0 aliphatic rings. The van der Waals surface area contributed by atoms with Gasteiger partial charge >= 0.3 is 5.97 Å². The lowest BCUT2D eigenvalue weighted by atomic mass is 10.1. The number of esters is 1. The smallest absolute Gasteiger partial charge is 0.344 e. The molecule has 0 saturated heterocycles. The number of anilines is 1. The molecule has 0 aromatic heterocycles. The van der Waals surface area contributed by atoms with Crippen LogP contribution in [0, 0.1) is 0 Å². The molecule has 9 heteroatoms. The first kappa shape index (κ1) is 22.0. The van der Waals surface area contributed by atoms with E-state index in [1.54, 1.807) is 12.1 Å². The summed E-state index contributed by atoms with van der Waals surface area (Å²) in [4.78, 5) is 35.3. The zero-order valence-electron chi connectivity index (χ0n) is 14.9. The standard InChI is InChI=1S/C19H16Cl3NO5/c1-10(19(26)12-3-5-13(6-4-12)23-11(2)24)28-18(25)9-27-17-8-15(21)14(20)7-16(17)22/h3-8,10H,9H2,1-2H3,(H,23,24). The molecule has 2 aromatic rings. The lowest BCUT2D eigenvalue weighted by Crippen LogP contribution is -2.27. The van der Waals surface area contributed by atoms with Crippen LogP contribution in [0.15, 0.2) is 36.4 Å². The van der Waals surface area contributed by atoms with Gasteiger partial charge in [-0.2, -0.15) is 0 Å². The Morgan fingerprint density at radius 2 is 1.61 bits per heavy atom. The van der Waals surface area contributed by atoms with Crippen LogP contribution >= 0.6 is 34.8 Å². The summed E-state index contributed by atoms with van der Waals surface area (Å²) in [6, 6.07) is 9.00. The van der Waals surface area contributed by atoms with E-state index in [2.05, 4.69) is 5.32 Å². The van der Waals surface area contributed by atoms with Crippen molar-refractivity contribution >= 4 is 58.1 Å². The van der Waals surface area contributed by atoms with E-state index in [1.165, 1.54) is 38.1 Å². The molecule has 2 aromatic carbocycles. The highest BCUT2D eigenvalue weighted by molar-refractivity contribution is 6.43. The zero-order valence-corrected chi connectivity index (χ0v) is 17.2. The van der Waals surface area contributed by atoms with E-state index in [4.69, 9.17) is 44.3 Å². The molecule has 6 nitrogen and oxygen atoms in total. The lowest BCUT2D eigenvalue weighted by Gasteiger charge is -2.14. The molecule has 0 aliphatic heterocycles. The maximum absolute atomic E-state index is 12.4. The van der Waals surface area contributed by atoms with E-state index in [9.17, 15) is 14.4 Å². The Labute approximate surface area is 176 Å². The Bertz CT molecular complexity index is 899. The molecule has 0 bridgehead atoms. The molecule has 0 saturated carbocycles. The van der Waals surface area contributed by atoms with Crippen molar-refractivity contribution in [1.29, 1.82) is 0 Å². The fourth-order valence-electron chi connectivity index (χ4n) is 2.19. The van der Waals surface area contributed by atoms with Crippen molar-refractivity contribution in [1.82, 2.24) is 0 Å². The van der Waals surface area contributed by atoms with Gasteiger partial charge in [-0.3, -0.25) is 9.59 Å². The van der Waals surface area contributed by atoms with E-state index in [0.29, 0.717) is 11.3 Å². The molecule has 0 heterocycles. The highest BCUT2D eigenvalue weighted by atomic mass is 35.5. The van der Waals surface area contributed by atoms with Crippen LogP contribution in [0.5, 0.6) is 5.75 Å². The van der Waals surface area contributed by atoms with Crippen molar-refractivity contribution in [3.8, 4) is 5.75 Å². The predicted molar refractivity (Wildman–Crippen MR) is 108 cm³/mol. The molecular weight excluding hydrogens is 429 g/mol. The van der Waals surface area contributed by atoms with Crippen molar-refractivity contribution < 1.29 is 23.9 Å². The van der Waals surface area contributed by atoms with Crippen LogP contribution in [0.25, 0.3) is 0 Å². The van der Waals surface area contributed by atoms with Gasteiger partial charge in [0.1, 0.15) is 5.75 Å². The molecule has 1 unspecified atom stereocenters. The number of rotatable bonds is 7. The number of nitrogens with one attached hydrogen (secondary N) is 1. The SMILES string of the molecule is CC(=O)Nc1ccc(C(=O)C(C)OC(=O)COc2cc(Cl)c(Cl)cc2Cl)cc1. The van der Waals surface area contributed by atoms with Gasteiger partial charge in [-0.25, -0.2) is 4.79 Å². The minimum Gasteiger partial charge on any atom is -0.480 e. The number of ketones is 1. The number of ether oxygens (including phenoxy) is 2. The number of hydrogen-bond acceptors (Lipinski definition) is 5. The van der Waals surface area contributed by atoms with Gasteiger partial charge in [0, 0.05) is 24.2 Å². The summed E-state index contributed by atoms with van der Waals surface area (Å²) >= 11 is 17.7. The van der Waals surface area contributed by atoms with E-state index >= 15 is 0 Å². The summed E-state index contributed by atoms with van der Waals surface area (Å²) in [5.74, 6) is -1.20. The summed E-state index contributed by atoms with van der Waals surface area (Å²) in [6.45, 7) is 2.37. The molecule has 148 valence electrons. The van der Waals surface area contributed by atoms with E-state index < -0.39 is 24.5 Å². The average Bonchev–Trinajstić information content (AvgIpc) is 2.63. The molecular formula is C19H16Cl3NO5. The minimum atomic E-state index is -1.02. The first-order valence-electron chi connectivity index (χ1n) is 8.06. The molecule has 2 rings (SSSR count). The second kappa shape index (κ2) is 9.78. The second-order valence-electron chi connectivity index (χ2n) is 5.74. The number of halogens is 3. The van der Waals surface area contributed by atoms with Crippen LogP contribution in [0.2, 0.25) is 15.1 Å². The predicted octanol–water partition coefficient (Wildman–Crippen LogP) is 4.80. The van der Waals surface area contributed by atoms with Gasteiger partial charge in [-0.1, -0.05) is 34.8 Å². The summed E-state index contributed by atoms with van der Waals surface area (Å²) in [7, 11) is 0. The monoisotopic (exact) mass is 443 g/mol. The number of hydrogen-bond donors (Lipinski definition) is 1. The Morgan fingerprint density at radius 3 is 2.21 bits per heavy atom. The normalized spacial score (nSPS) is 11.5. The van der Waals surface area contributed by atoms with Gasteiger partial charge in [0.15, 0.2) is 12.7 Å². The molecule has 28 heavy (non-hydrogen) atoms. The van der Waals surface area contributed by atoms with Crippen LogP contribution in [0.1, 0.15) is 24.2 Å². The van der Waals surface area contributed by atoms with Crippen molar-refractivity contribution in [2.24, 2.45) is 0 Å². The summed E-state index contributed by atoms with van der Waals surface area (Å²) in [5.41, 5.74) is 0.892. The van der Waals surface area contributed by atoms with Gasteiger partial charge in [-0.05, 0) is 37.3 Å². The highest BCUT2D eigenvalue weighted by Gasteiger charge is 2.20. The third-order valence-electron chi connectivity index (χ3n) is 3.49. The van der Waals surface area contributed by atoms with Gasteiger partial charge in [0.2, 0.25) is 11.7 Å². The first-order chi connectivity index (χ1) is 13.2. The third kappa shape index (κ3) is 6.12. The van der Waals surface area contributed by atoms with Crippen molar-refractivity contribution in [2.75, 3.05) is 11.9 Å². The van der Waals surface area contributed by atoms with Gasteiger partial charge in [0.05, 0.1) is 15.1 Å². The highest BCUT2D eigenvalue weighted by Crippen LogP contribution is 2.33. The topological polar surface area (TPSA) is 81.7 Å². The molecule has 0 fully saturated rings. The maximum Gasteiger partial charge on any atom is 0.344 e. The van der Waals surface area contributed by atoms with E-state index in [1.807, 2.05) is 0 Å². The van der Waals surface area contributed by atoms with Crippen LogP contribution in [-0.2, 0) is 14.3 Å². The van der Waals surface area contributed by atoms with Gasteiger partial charge < -0.3 is 14.8 Å². The van der Waals surface area contributed by atoms with Crippen LogP contribution in [0.3, 0.4) is 0 Å². The van der Waals surface area contributed by atoms with Crippen molar-refractivity contribution in [2.45, 2.75) is 20.0 Å². The Morgan fingerprint density at radius 1 is 1.00 bits per heavy atom. The zero-order chi connectivity index (χ0) is 20.8. The number of carbonyl (C=O) groups excluding carboxylic acids is 3. The van der Waals surface area contributed by atoms with Crippen molar-refractivity contribution in [3.63, 3.8) is 0 Å². The number of Topliss-reactive ketones (excluding diaryl/α,β-unsaturated/α-hetero) is 1. The van der Waals surface area contributed by atoms with E-state index in [0.717, 1.165) is 0 Å². The van der Waals surface area contributed by atoms with Gasteiger partial charge in [-0.15, -0.1) is 0 Å². The van der Waals surface area contributed by atoms with Gasteiger partial charge in [0.25, 0.3) is 0 Å². The van der Waals surface area contributed by atoms with Crippen LogP contribution < -0.4 is 10.1 Å². The molecule has 1 atom stereocenters. The van der Waals surface area contributed by atoms with E-state index in [-0.39, 0.29) is 26.7 Å². The second-order valence-corrected chi connectivity index (χ2v) is 6.96. The molecule has 1 amide bonds. The molecule has 0 aliphatic carbocycles. The Hall–Kier alpha value is -2.28. The summed E-state index contributed by atoms with van der Waals surface area (Å²) in [6.07, 6.45) is -1.02. The maximum atomic E-state index is 12.4. The fourth-order valence-corrected chi connectivity index (χ4v) is 2.78. The number of benzene rings is 2. The quantitative estimate of drug-likeness (QED) is 0.377. The fraction of sp³-hybridized carbons (Fsp3) is 0.211. The lowest BCUT2D eigenvalue weighted by molar-refractivity contribution is -0.148. The van der Waals surface area contributed by atoms with Crippen LogP contribution in [-0.4, -0.2) is 30.4 Å². The Balaban J connectivity index is 1.92. The molecule has 1 N–H and O–H groups in total. The molecule has 0 radical (unpaired) electrons. The average molecular weight is 445 g/mol. The number of amides is 1. The summed E-state index contributed by atoms with van der Waals surface area (Å²) < 4.78 is 10.4. The minimum absolute atomic E-state index is 0.167. The third-order valence-corrected chi connectivity index (χ3v) is 4.51. The molecule has 0 spiro atoms. The first-order valence-corrected chi connectivity index (χ1v) is 9.19. The van der Waals surface area contributed by atoms with Crippen molar-refractivity contribution in [3.05, 3.63) is 57.0 Å². The number of carbonyl (C=O) groups is 3. The summed E-state index contributed by atoms with van der Waals surface area (Å²) in [5, 5.41) is 3.26. The largest absolute Gasteiger partial charge is 0.480 e. The van der Waals surface area contributed by atoms with Crippen LogP contribution in [0.4, 0.5) is 5.69 Å².